The molecule has 1 nitrogen and oxygen atoms in total. The van der Waals surface area contributed by atoms with Crippen LogP contribution in [0.25, 0.3) is 0 Å². The van der Waals surface area contributed by atoms with Crippen molar-refractivity contribution in [1.82, 2.24) is 0 Å². The zero-order valence-corrected chi connectivity index (χ0v) is 6.47. The summed E-state index contributed by atoms with van der Waals surface area (Å²) in [5.41, 5.74) is 1.41. The molecule has 0 heterocycles. The minimum absolute atomic E-state index is 0.796. The summed E-state index contributed by atoms with van der Waals surface area (Å²) in [6.07, 6.45) is 10.2. The summed E-state index contributed by atoms with van der Waals surface area (Å²) in [7, 11) is 1.75. The third-order valence-corrected chi connectivity index (χ3v) is 1.67. The van der Waals surface area contributed by atoms with Gasteiger partial charge in [-0.25, -0.2) is 0 Å². The van der Waals surface area contributed by atoms with Crippen LogP contribution >= 0.6 is 0 Å². The zero-order valence-electron chi connectivity index (χ0n) is 6.47. The normalized spacial score (nSPS) is 18.3. The van der Waals surface area contributed by atoms with Crippen molar-refractivity contribution in [2.45, 2.75) is 19.3 Å². The Hall–Kier alpha value is -0.560. The molecule has 0 atom stereocenters. The summed E-state index contributed by atoms with van der Waals surface area (Å²) in [4.78, 5) is 0. The van der Waals surface area contributed by atoms with Crippen molar-refractivity contribution >= 4 is 0 Å². The molecular formula is C9H14O. The van der Waals surface area contributed by atoms with Crippen molar-refractivity contribution in [2.24, 2.45) is 0 Å². The lowest BCUT2D eigenvalue weighted by Gasteiger charge is -2.01. The van der Waals surface area contributed by atoms with Crippen LogP contribution in [0, 0.1) is 0 Å². The van der Waals surface area contributed by atoms with Crippen LogP contribution in [0.3, 0.4) is 0 Å². The van der Waals surface area contributed by atoms with Crippen LogP contribution < -0.4 is 0 Å². The van der Waals surface area contributed by atoms with Gasteiger partial charge in [0.05, 0.1) is 6.61 Å². The van der Waals surface area contributed by atoms with E-state index in [2.05, 4.69) is 18.2 Å². The SMILES string of the molecule is COCC1=CC=CCCC1. The lowest BCUT2D eigenvalue weighted by molar-refractivity contribution is 0.223. The van der Waals surface area contributed by atoms with E-state index in [1.165, 1.54) is 24.8 Å². The molecule has 0 spiro atoms. The molecule has 1 aliphatic carbocycles. The van der Waals surface area contributed by atoms with E-state index in [0.29, 0.717) is 0 Å². The Morgan fingerprint density at radius 1 is 1.60 bits per heavy atom. The van der Waals surface area contributed by atoms with Gasteiger partial charge in [0, 0.05) is 7.11 Å². The highest BCUT2D eigenvalue weighted by molar-refractivity contribution is 5.15. The molecule has 0 saturated carbocycles. The Kier molecular flexibility index (Phi) is 3.23. The van der Waals surface area contributed by atoms with Crippen molar-refractivity contribution in [2.75, 3.05) is 13.7 Å². The molecule has 0 radical (unpaired) electrons. The first kappa shape index (κ1) is 7.55. The minimum atomic E-state index is 0.796. The van der Waals surface area contributed by atoms with Crippen LogP contribution in [0.4, 0.5) is 0 Å². The van der Waals surface area contributed by atoms with Gasteiger partial charge in [-0.3, -0.25) is 0 Å². The second-order valence-electron chi connectivity index (χ2n) is 2.58. The quantitative estimate of drug-likeness (QED) is 0.569. The molecule has 0 N–H and O–H groups in total. The summed E-state index contributed by atoms with van der Waals surface area (Å²) in [5.74, 6) is 0. The van der Waals surface area contributed by atoms with Crippen molar-refractivity contribution in [3.05, 3.63) is 23.8 Å². The highest BCUT2D eigenvalue weighted by Crippen LogP contribution is 2.11. The molecule has 0 saturated heterocycles. The fourth-order valence-electron chi connectivity index (χ4n) is 1.14. The van der Waals surface area contributed by atoms with Gasteiger partial charge in [-0.15, -0.1) is 0 Å². The van der Waals surface area contributed by atoms with Crippen molar-refractivity contribution in [1.29, 1.82) is 0 Å². The van der Waals surface area contributed by atoms with Gasteiger partial charge in [-0.05, 0) is 24.8 Å². The number of hydrogen-bond donors (Lipinski definition) is 0. The van der Waals surface area contributed by atoms with Gasteiger partial charge < -0.3 is 4.74 Å². The molecular weight excluding hydrogens is 124 g/mol. The maximum Gasteiger partial charge on any atom is 0.0676 e. The maximum absolute atomic E-state index is 5.03. The molecule has 0 unspecified atom stereocenters. The lowest BCUT2D eigenvalue weighted by atomic mass is 10.1. The molecule has 1 heteroatoms. The summed E-state index contributed by atoms with van der Waals surface area (Å²) >= 11 is 0. The molecule has 0 aromatic carbocycles. The average molecular weight is 138 g/mol. The molecule has 10 heavy (non-hydrogen) atoms. The Morgan fingerprint density at radius 3 is 3.30 bits per heavy atom. The maximum atomic E-state index is 5.03. The van der Waals surface area contributed by atoms with E-state index >= 15 is 0 Å². The predicted molar refractivity (Wildman–Crippen MR) is 43.0 cm³/mol. The van der Waals surface area contributed by atoms with Crippen LogP contribution in [0.15, 0.2) is 23.8 Å². The van der Waals surface area contributed by atoms with E-state index in [0.717, 1.165) is 6.61 Å². The first-order valence-electron chi connectivity index (χ1n) is 3.77. The molecule has 1 aliphatic rings. The number of rotatable bonds is 2. The van der Waals surface area contributed by atoms with Crippen LogP contribution in [0.1, 0.15) is 19.3 Å². The summed E-state index contributed by atoms with van der Waals surface area (Å²) in [6, 6.07) is 0. The lowest BCUT2D eigenvalue weighted by Crippen LogP contribution is -1.92. The summed E-state index contributed by atoms with van der Waals surface area (Å²) in [5, 5.41) is 0. The van der Waals surface area contributed by atoms with E-state index in [9.17, 15) is 0 Å². The van der Waals surface area contributed by atoms with Crippen LogP contribution in [0.5, 0.6) is 0 Å². The fourth-order valence-corrected chi connectivity index (χ4v) is 1.14. The number of ether oxygens (including phenoxy) is 1. The van der Waals surface area contributed by atoms with Gasteiger partial charge >= 0.3 is 0 Å². The zero-order chi connectivity index (χ0) is 7.23. The molecule has 0 bridgehead atoms. The number of allylic oxidation sites excluding steroid dienone is 3. The highest BCUT2D eigenvalue weighted by Gasteiger charge is 1.97. The van der Waals surface area contributed by atoms with Crippen molar-refractivity contribution in [3.63, 3.8) is 0 Å². The first-order valence-corrected chi connectivity index (χ1v) is 3.77. The first-order chi connectivity index (χ1) is 4.93. The third kappa shape index (κ3) is 2.36. The smallest absolute Gasteiger partial charge is 0.0676 e. The Balaban J connectivity index is 2.41. The Bertz CT molecular complexity index is 141. The Morgan fingerprint density at radius 2 is 2.50 bits per heavy atom. The molecule has 56 valence electrons. The van der Waals surface area contributed by atoms with Gasteiger partial charge in [-0.2, -0.15) is 0 Å². The summed E-state index contributed by atoms with van der Waals surface area (Å²) < 4.78 is 5.03. The van der Waals surface area contributed by atoms with Gasteiger partial charge in [0.1, 0.15) is 0 Å². The van der Waals surface area contributed by atoms with E-state index in [1.54, 1.807) is 7.11 Å². The van der Waals surface area contributed by atoms with E-state index in [4.69, 9.17) is 4.74 Å². The molecule has 0 amide bonds. The van der Waals surface area contributed by atoms with Crippen LogP contribution in [-0.4, -0.2) is 13.7 Å². The van der Waals surface area contributed by atoms with Crippen molar-refractivity contribution in [3.8, 4) is 0 Å². The highest BCUT2D eigenvalue weighted by atomic mass is 16.5. The Labute approximate surface area is 62.4 Å². The largest absolute Gasteiger partial charge is 0.380 e. The van der Waals surface area contributed by atoms with Gasteiger partial charge in [0.25, 0.3) is 0 Å². The van der Waals surface area contributed by atoms with E-state index in [-0.39, 0.29) is 0 Å². The minimum Gasteiger partial charge on any atom is -0.380 e. The standard InChI is InChI=1S/C9H14O/c1-10-8-9-6-4-2-3-5-7-9/h2,4,6H,3,5,7-8H2,1H3. The fraction of sp³-hybridized carbons (Fsp3) is 0.556. The second-order valence-corrected chi connectivity index (χ2v) is 2.58. The van der Waals surface area contributed by atoms with E-state index in [1.807, 2.05) is 0 Å². The number of hydrogen-bond acceptors (Lipinski definition) is 1. The van der Waals surface area contributed by atoms with Crippen LogP contribution in [-0.2, 0) is 4.74 Å². The molecule has 1 rings (SSSR count). The topological polar surface area (TPSA) is 9.23 Å². The molecule has 0 aliphatic heterocycles. The average Bonchev–Trinajstić information content (AvgIpc) is 2.17. The van der Waals surface area contributed by atoms with Gasteiger partial charge in [0.2, 0.25) is 0 Å². The molecule has 0 aromatic rings. The predicted octanol–water partition coefficient (Wildman–Crippen LogP) is 2.30. The third-order valence-electron chi connectivity index (χ3n) is 1.67. The van der Waals surface area contributed by atoms with Gasteiger partial charge in [-0.1, -0.05) is 18.2 Å². The number of methoxy groups -OCH3 is 1. The monoisotopic (exact) mass is 138 g/mol. The van der Waals surface area contributed by atoms with Gasteiger partial charge in [0.15, 0.2) is 0 Å². The van der Waals surface area contributed by atoms with Crippen LogP contribution in [0.2, 0.25) is 0 Å². The molecule has 0 aromatic heterocycles. The second kappa shape index (κ2) is 4.29. The van der Waals surface area contributed by atoms with Crippen molar-refractivity contribution < 1.29 is 4.74 Å². The molecule has 0 fully saturated rings. The van der Waals surface area contributed by atoms with E-state index < -0.39 is 0 Å². The summed E-state index contributed by atoms with van der Waals surface area (Å²) in [6.45, 7) is 0.796.